The average molecular weight is 295 g/mol. The van der Waals surface area contributed by atoms with Crippen LogP contribution in [0, 0.1) is 5.92 Å². The number of rotatable bonds is 4. The van der Waals surface area contributed by atoms with Crippen LogP contribution in [0.5, 0.6) is 0 Å². The van der Waals surface area contributed by atoms with Gasteiger partial charge >= 0.3 is 0 Å². The van der Waals surface area contributed by atoms with E-state index in [9.17, 15) is 0 Å². The van der Waals surface area contributed by atoms with Crippen LogP contribution in [-0.2, 0) is 0 Å². The van der Waals surface area contributed by atoms with Gasteiger partial charge in [0.1, 0.15) is 0 Å². The number of thioether (sulfide) groups is 1. The first-order valence-electron chi connectivity index (χ1n) is 8.03. The number of nitrogens with zero attached hydrogens (tertiary/aromatic N) is 4. The second-order valence-corrected chi connectivity index (χ2v) is 7.34. The first-order chi connectivity index (χ1) is 9.88. The van der Waals surface area contributed by atoms with Crippen LogP contribution in [0.1, 0.15) is 63.8 Å². The van der Waals surface area contributed by atoms with E-state index in [1.807, 2.05) is 11.8 Å². The van der Waals surface area contributed by atoms with Gasteiger partial charge in [0.15, 0.2) is 0 Å². The van der Waals surface area contributed by atoms with E-state index in [1.54, 1.807) is 0 Å². The van der Waals surface area contributed by atoms with Crippen molar-refractivity contribution in [2.24, 2.45) is 11.7 Å². The molecule has 0 saturated heterocycles. The van der Waals surface area contributed by atoms with Gasteiger partial charge in [-0.3, -0.25) is 0 Å². The van der Waals surface area contributed by atoms with Gasteiger partial charge in [0, 0.05) is 5.25 Å². The summed E-state index contributed by atoms with van der Waals surface area (Å²) in [5.41, 5.74) is 5.98. The lowest BCUT2D eigenvalue weighted by atomic mass is 10.0. The number of aromatic nitrogens is 4. The molecule has 2 saturated carbocycles. The van der Waals surface area contributed by atoms with E-state index in [2.05, 4.69) is 20.2 Å². The molecule has 1 heterocycles. The molecule has 1 aromatic heterocycles. The van der Waals surface area contributed by atoms with E-state index >= 15 is 0 Å². The van der Waals surface area contributed by atoms with Crippen LogP contribution < -0.4 is 5.73 Å². The topological polar surface area (TPSA) is 69.6 Å². The smallest absolute Gasteiger partial charge is 0.209 e. The number of nitrogens with two attached hydrogens (primary N) is 1. The predicted molar refractivity (Wildman–Crippen MR) is 80.6 cm³/mol. The zero-order valence-electron chi connectivity index (χ0n) is 12.1. The SMILES string of the molecule is NCC1CCCCCC1Sc1nnnn1C1CCCC1. The highest BCUT2D eigenvalue weighted by atomic mass is 32.2. The van der Waals surface area contributed by atoms with Gasteiger partial charge in [-0.25, -0.2) is 4.68 Å². The van der Waals surface area contributed by atoms with E-state index in [0.717, 1.165) is 11.7 Å². The second-order valence-electron chi connectivity index (χ2n) is 6.13. The Bertz CT molecular complexity index is 415. The zero-order chi connectivity index (χ0) is 13.8. The van der Waals surface area contributed by atoms with Crippen LogP contribution in [0.25, 0.3) is 0 Å². The lowest BCUT2D eigenvalue weighted by Gasteiger charge is -2.23. The molecule has 2 aliphatic rings. The average Bonchev–Trinajstić information content (AvgIpc) is 3.07. The van der Waals surface area contributed by atoms with Crippen LogP contribution in [0.3, 0.4) is 0 Å². The quantitative estimate of drug-likeness (QED) is 0.865. The normalized spacial score (nSPS) is 28.6. The van der Waals surface area contributed by atoms with Gasteiger partial charge in [-0.1, -0.05) is 43.9 Å². The highest BCUT2D eigenvalue weighted by Gasteiger charge is 2.28. The van der Waals surface area contributed by atoms with Crippen LogP contribution in [-0.4, -0.2) is 32.0 Å². The molecular weight excluding hydrogens is 270 g/mol. The molecule has 0 bridgehead atoms. The fourth-order valence-electron chi connectivity index (χ4n) is 3.55. The molecule has 5 nitrogen and oxygen atoms in total. The zero-order valence-corrected chi connectivity index (χ0v) is 12.9. The minimum Gasteiger partial charge on any atom is -0.330 e. The summed E-state index contributed by atoms with van der Waals surface area (Å²) in [6, 6.07) is 0.523. The van der Waals surface area contributed by atoms with Gasteiger partial charge in [0.25, 0.3) is 0 Å². The van der Waals surface area contributed by atoms with Gasteiger partial charge < -0.3 is 5.73 Å². The van der Waals surface area contributed by atoms with Gasteiger partial charge in [-0.15, -0.1) is 5.10 Å². The number of tetrazole rings is 1. The molecule has 2 N–H and O–H groups in total. The molecule has 2 aliphatic carbocycles. The summed E-state index contributed by atoms with van der Waals surface area (Å²) in [7, 11) is 0. The van der Waals surface area contributed by atoms with Crippen molar-refractivity contribution in [3.63, 3.8) is 0 Å². The number of hydrogen-bond acceptors (Lipinski definition) is 5. The summed E-state index contributed by atoms with van der Waals surface area (Å²) in [5, 5.41) is 14.0. The summed E-state index contributed by atoms with van der Waals surface area (Å²) in [4.78, 5) is 0. The summed E-state index contributed by atoms with van der Waals surface area (Å²) >= 11 is 1.88. The molecule has 2 fully saturated rings. The van der Waals surface area contributed by atoms with Gasteiger partial charge in [0.2, 0.25) is 5.16 Å². The first kappa shape index (κ1) is 14.3. The fraction of sp³-hybridized carbons (Fsp3) is 0.929. The van der Waals surface area contributed by atoms with Crippen molar-refractivity contribution in [2.45, 2.75) is 74.2 Å². The van der Waals surface area contributed by atoms with Gasteiger partial charge in [0.05, 0.1) is 6.04 Å². The van der Waals surface area contributed by atoms with Gasteiger partial charge in [-0.2, -0.15) is 0 Å². The predicted octanol–water partition coefficient (Wildman–Crippen LogP) is 2.79. The van der Waals surface area contributed by atoms with Crippen molar-refractivity contribution >= 4 is 11.8 Å². The minimum absolute atomic E-state index is 0.523. The standard InChI is InChI=1S/C14H25N5S/c15-10-11-6-2-1-3-9-13(11)20-14-16-17-18-19(14)12-7-4-5-8-12/h11-13H,1-10,15H2. The second kappa shape index (κ2) is 6.89. The van der Waals surface area contributed by atoms with Crippen molar-refractivity contribution in [3.05, 3.63) is 0 Å². The van der Waals surface area contributed by atoms with E-state index in [1.165, 1.54) is 57.8 Å². The Morgan fingerprint density at radius 2 is 1.80 bits per heavy atom. The molecule has 0 aromatic carbocycles. The Morgan fingerprint density at radius 1 is 1.05 bits per heavy atom. The van der Waals surface area contributed by atoms with E-state index in [4.69, 9.17) is 5.73 Å². The van der Waals surface area contributed by atoms with Crippen molar-refractivity contribution in [1.82, 2.24) is 20.2 Å². The van der Waals surface area contributed by atoms with Crippen molar-refractivity contribution in [1.29, 1.82) is 0 Å². The first-order valence-corrected chi connectivity index (χ1v) is 8.91. The Hall–Kier alpha value is -0.620. The maximum Gasteiger partial charge on any atom is 0.209 e. The molecule has 112 valence electrons. The van der Waals surface area contributed by atoms with Crippen molar-refractivity contribution in [3.8, 4) is 0 Å². The highest BCUT2D eigenvalue weighted by molar-refractivity contribution is 7.99. The molecule has 6 heteroatoms. The monoisotopic (exact) mass is 295 g/mol. The van der Waals surface area contributed by atoms with E-state index in [-0.39, 0.29) is 0 Å². The van der Waals surface area contributed by atoms with E-state index < -0.39 is 0 Å². The summed E-state index contributed by atoms with van der Waals surface area (Å²) < 4.78 is 2.08. The van der Waals surface area contributed by atoms with Crippen molar-refractivity contribution < 1.29 is 0 Å². The Morgan fingerprint density at radius 3 is 2.60 bits per heavy atom. The maximum absolute atomic E-state index is 5.98. The molecule has 0 spiro atoms. The highest BCUT2D eigenvalue weighted by Crippen LogP contribution is 2.37. The van der Waals surface area contributed by atoms with Crippen LogP contribution in [0.4, 0.5) is 0 Å². The molecule has 2 atom stereocenters. The Balaban J connectivity index is 1.71. The molecule has 0 aliphatic heterocycles. The van der Waals surface area contributed by atoms with Gasteiger partial charge in [-0.05, 0) is 48.6 Å². The molecule has 0 radical (unpaired) electrons. The summed E-state index contributed by atoms with van der Waals surface area (Å²) in [6.07, 6.45) is 11.6. The molecule has 20 heavy (non-hydrogen) atoms. The molecule has 0 amide bonds. The lowest BCUT2D eigenvalue weighted by Crippen LogP contribution is -2.25. The molecule has 1 aromatic rings. The number of hydrogen-bond donors (Lipinski definition) is 1. The Labute approximate surface area is 125 Å². The third-order valence-electron chi connectivity index (χ3n) is 4.78. The largest absolute Gasteiger partial charge is 0.330 e. The van der Waals surface area contributed by atoms with E-state index in [0.29, 0.717) is 17.2 Å². The van der Waals surface area contributed by atoms with Crippen LogP contribution >= 0.6 is 11.8 Å². The minimum atomic E-state index is 0.523. The summed E-state index contributed by atoms with van der Waals surface area (Å²) in [5.74, 6) is 0.622. The third-order valence-corrected chi connectivity index (χ3v) is 6.18. The van der Waals surface area contributed by atoms with Crippen molar-refractivity contribution in [2.75, 3.05) is 6.54 Å². The van der Waals surface area contributed by atoms with Crippen LogP contribution in [0.2, 0.25) is 0 Å². The molecule has 2 unspecified atom stereocenters. The Kier molecular flexibility index (Phi) is 4.94. The fourth-order valence-corrected chi connectivity index (χ4v) is 4.92. The summed E-state index contributed by atoms with van der Waals surface area (Å²) in [6.45, 7) is 0.794. The molecule has 3 rings (SSSR count). The third kappa shape index (κ3) is 3.17. The maximum atomic E-state index is 5.98. The molecular formula is C14H25N5S. The van der Waals surface area contributed by atoms with Crippen LogP contribution in [0.15, 0.2) is 5.16 Å². The lowest BCUT2D eigenvalue weighted by molar-refractivity contribution is 0.420.